The Balaban J connectivity index is 1.64. The molecule has 1 aliphatic carbocycles. The molecule has 0 amide bonds. The number of nitrogens with one attached hydrogen (secondary N) is 3. The molecule has 150 valence electrons. The fourth-order valence-corrected chi connectivity index (χ4v) is 3.49. The molecule has 2 atom stereocenters. The normalized spacial score (nSPS) is 19.3. The van der Waals surface area contributed by atoms with E-state index in [-0.39, 0.29) is 11.8 Å². The Bertz CT molecular complexity index is 995. The maximum Gasteiger partial charge on any atom is 0.193 e. The maximum absolute atomic E-state index is 13.0. The lowest BCUT2D eigenvalue weighted by Crippen LogP contribution is -2.18. The summed E-state index contributed by atoms with van der Waals surface area (Å²) in [6.07, 6.45) is -0.681. The largest absolute Gasteiger partial charge is 0.390 e. The van der Waals surface area contributed by atoms with E-state index in [2.05, 4.69) is 25.8 Å². The minimum atomic E-state index is -0.758. The number of aliphatic hydroxyl groups is 2. The third-order valence-corrected chi connectivity index (χ3v) is 4.93. The van der Waals surface area contributed by atoms with Gasteiger partial charge in [0.2, 0.25) is 0 Å². The van der Waals surface area contributed by atoms with Crippen molar-refractivity contribution in [2.45, 2.75) is 38.0 Å². The first kappa shape index (κ1) is 19.1. The minimum Gasteiger partial charge on any atom is -0.390 e. The van der Waals surface area contributed by atoms with Crippen molar-refractivity contribution in [1.82, 2.24) is 15.2 Å². The van der Waals surface area contributed by atoms with Gasteiger partial charge in [0.25, 0.3) is 0 Å². The van der Waals surface area contributed by atoms with Crippen LogP contribution in [0, 0.1) is 6.92 Å². The number of carbonyl (C=O) groups excluding carboxylic acids is 1. The average molecular weight is 393 g/mol. The highest BCUT2D eigenvalue weighted by Gasteiger charge is 2.31. The molecule has 5 N–H and O–H groups in total. The number of rotatable bonds is 6. The highest BCUT2D eigenvalue weighted by atomic mass is 16.3. The molecule has 0 spiro atoms. The van der Waals surface area contributed by atoms with E-state index in [1.54, 1.807) is 24.3 Å². The zero-order valence-electron chi connectivity index (χ0n) is 16.0. The number of aromatic nitrogens is 3. The second-order valence-corrected chi connectivity index (χ2v) is 7.33. The molecule has 3 aromatic rings. The quantitative estimate of drug-likeness (QED) is 0.407. The molecule has 1 fully saturated rings. The van der Waals surface area contributed by atoms with Gasteiger partial charge in [0.05, 0.1) is 12.2 Å². The molecule has 8 nitrogen and oxygen atoms in total. The number of aromatic amines is 1. The van der Waals surface area contributed by atoms with E-state index in [9.17, 15) is 15.0 Å². The first-order valence-corrected chi connectivity index (χ1v) is 9.51. The minimum absolute atomic E-state index is 0.121. The number of hydrogen-bond donors (Lipinski definition) is 5. The Morgan fingerprint density at radius 2 is 1.69 bits per heavy atom. The van der Waals surface area contributed by atoms with Gasteiger partial charge < -0.3 is 20.8 Å². The van der Waals surface area contributed by atoms with Crippen LogP contribution in [-0.4, -0.2) is 49.4 Å². The van der Waals surface area contributed by atoms with E-state index < -0.39 is 12.2 Å². The number of H-pyrrole nitrogens is 1. The van der Waals surface area contributed by atoms with E-state index in [0.717, 1.165) is 5.69 Å². The number of aliphatic hydroxyl groups excluding tert-OH is 2. The number of ketones is 1. The second kappa shape index (κ2) is 8.02. The lowest BCUT2D eigenvalue weighted by molar-refractivity contribution is 0.0438. The van der Waals surface area contributed by atoms with Gasteiger partial charge in [-0.1, -0.05) is 30.3 Å². The van der Waals surface area contributed by atoms with Crippen LogP contribution in [0.1, 0.15) is 34.5 Å². The van der Waals surface area contributed by atoms with E-state index >= 15 is 0 Å². The SMILES string of the molecule is Cc1cc(Nc2cc(C(=O)c3ccccc3)cc(NC3C[C@H](O)[C@@H](O)C3)n2)n[nH]1. The first-order chi connectivity index (χ1) is 14.0. The van der Waals surface area contributed by atoms with Crippen LogP contribution in [0.3, 0.4) is 0 Å². The van der Waals surface area contributed by atoms with Gasteiger partial charge in [0.1, 0.15) is 11.6 Å². The van der Waals surface area contributed by atoms with Crippen molar-refractivity contribution >= 4 is 23.2 Å². The van der Waals surface area contributed by atoms with Crippen molar-refractivity contribution in [2.24, 2.45) is 0 Å². The summed E-state index contributed by atoms with van der Waals surface area (Å²) < 4.78 is 0. The number of nitrogens with zero attached hydrogens (tertiary/aromatic N) is 2. The van der Waals surface area contributed by atoms with E-state index in [4.69, 9.17) is 0 Å². The number of carbonyl (C=O) groups is 1. The third kappa shape index (κ3) is 4.44. The standard InChI is InChI=1S/C21H23N5O3/c1-12-7-20(26-25-12)24-19-9-14(21(29)13-5-3-2-4-6-13)8-18(23-19)22-15-10-16(27)17(28)11-15/h2-9,15-17,27-28H,10-11H2,1H3,(H3,22,23,24,25,26)/t16-,17-/m0/s1. The van der Waals surface area contributed by atoms with Gasteiger partial charge in [-0.15, -0.1) is 0 Å². The molecule has 0 unspecified atom stereocenters. The Labute approximate surface area is 168 Å². The molecule has 2 heterocycles. The zero-order valence-corrected chi connectivity index (χ0v) is 16.0. The average Bonchev–Trinajstić information content (AvgIpc) is 3.25. The molecule has 0 bridgehead atoms. The van der Waals surface area contributed by atoms with Crippen molar-refractivity contribution in [2.75, 3.05) is 10.6 Å². The summed E-state index contributed by atoms with van der Waals surface area (Å²) in [5.41, 5.74) is 1.96. The third-order valence-electron chi connectivity index (χ3n) is 4.93. The Hall–Kier alpha value is -3.23. The fourth-order valence-electron chi connectivity index (χ4n) is 3.49. The van der Waals surface area contributed by atoms with Gasteiger partial charge in [-0.05, 0) is 31.9 Å². The number of hydrogen-bond acceptors (Lipinski definition) is 7. The Morgan fingerprint density at radius 3 is 2.34 bits per heavy atom. The number of benzene rings is 1. The van der Waals surface area contributed by atoms with Crippen LogP contribution in [0.4, 0.5) is 17.5 Å². The lowest BCUT2D eigenvalue weighted by atomic mass is 10.0. The Morgan fingerprint density at radius 1 is 1.00 bits per heavy atom. The first-order valence-electron chi connectivity index (χ1n) is 9.51. The monoisotopic (exact) mass is 393 g/mol. The van der Waals surface area contributed by atoms with Crippen molar-refractivity contribution in [3.63, 3.8) is 0 Å². The van der Waals surface area contributed by atoms with Gasteiger partial charge in [-0.25, -0.2) is 4.98 Å². The van der Waals surface area contributed by atoms with Crippen molar-refractivity contribution in [3.8, 4) is 0 Å². The fraction of sp³-hybridized carbons (Fsp3) is 0.286. The predicted octanol–water partition coefficient (Wildman–Crippen LogP) is 2.38. The van der Waals surface area contributed by atoms with E-state index in [1.165, 1.54) is 0 Å². The second-order valence-electron chi connectivity index (χ2n) is 7.33. The molecule has 4 rings (SSSR count). The van der Waals surface area contributed by atoms with Crippen LogP contribution >= 0.6 is 0 Å². The summed E-state index contributed by atoms with van der Waals surface area (Å²) in [4.78, 5) is 17.5. The molecule has 0 aliphatic heterocycles. The van der Waals surface area contributed by atoms with Gasteiger partial charge >= 0.3 is 0 Å². The summed E-state index contributed by atoms with van der Waals surface area (Å²) >= 11 is 0. The smallest absolute Gasteiger partial charge is 0.193 e. The molecule has 29 heavy (non-hydrogen) atoms. The van der Waals surface area contributed by atoms with Crippen LogP contribution in [0.5, 0.6) is 0 Å². The van der Waals surface area contributed by atoms with Crippen molar-refractivity contribution in [3.05, 3.63) is 65.4 Å². The van der Waals surface area contributed by atoms with Crippen LogP contribution in [0.25, 0.3) is 0 Å². The van der Waals surface area contributed by atoms with E-state index in [1.807, 2.05) is 31.2 Å². The molecule has 0 saturated heterocycles. The molecule has 8 heteroatoms. The van der Waals surface area contributed by atoms with Crippen LogP contribution in [0.15, 0.2) is 48.5 Å². The topological polar surface area (TPSA) is 123 Å². The van der Waals surface area contributed by atoms with Crippen LogP contribution in [-0.2, 0) is 0 Å². The molecular formula is C21H23N5O3. The van der Waals surface area contributed by atoms with Crippen LogP contribution in [0.2, 0.25) is 0 Å². The molecule has 1 aliphatic rings. The van der Waals surface area contributed by atoms with E-state index in [0.29, 0.717) is 41.4 Å². The maximum atomic E-state index is 13.0. The summed E-state index contributed by atoms with van der Waals surface area (Å²) in [6.45, 7) is 1.89. The van der Waals surface area contributed by atoms with Gasteiger partial charge in [-0.3, -0.25) is 9.89 Å². The summed E-state index contributed by atoms with van der Waals surface area (Å²) in [5.74, 6) is 1.44. The number of aryl methyl sites for hydroxylation is 1. The van der Waals surface area contributed by atoms with Crippen LogP contribution < -0.4 is 10.6 Å². The lowest BCUT2D eigenvalue weighted by Gasteiger charge is -2.15. The summed E-state index contributed by atoms with van der Waals surface area (Å²) in [6, 6.07) is 14.1. The Kier molecular flexibility index (Phi) is 5.28. The zero-order chi connectivity index (χ0) is 20.4. The highest BCUT2D eigenvalue weighted by molar-refractivity contribution is 6.09. The van der Waals surface area contributed by atoms with Gasteiger partial charge in [-0.2, -0.15) is 5.10 Å². The molecular weight excluding hydrogens is 370 g/mol. The molecule has 0 radical (unpaired) electrons. The van der Waals surface area contributed by atoms with Crippen molar-refractivity contribution < 1.29 is 15.0 Å². The number of anilines is 3. The highest BCUT2D eigenvalue weighted by Crippen LogP contribution is 2.26. The van der Waals surface area contributed by atoms with Crippen molar-refractivity contribution in [1.29, 1.82) is 0 Å². The van der Waals surface area contributed by atoms with Gasteiger partial charge in [0.15, 0.2) is 11.6 Å². The summed E-state index contributed by atoms with van der Waals surface area (Å²) in [5, 5.41) is 32.9. The van der Waals surface area contributed by atoms with Gasteiger partial charge in [0, 0.05) is 28.9 Å². The molecule has 1 aromatic carbocycles. The summed E-state index contributed by atoms with van der Waals surface area (Å²) in [7, 11) is 0. The number of pyridine rings is 1. The molecule has 2 aromatic heterocycles. The predicted molar refractivity (Wildman–Crippen MR) is 109 cm³/mol. The molecule has 1 saturated carbocycles.